The number of hydrogen-bond acceptors (Lipinski definition) is 3. The van der Waals surface area contributed by atoms with Crippen molar-refractivity contribution in [2.24, 2.45) is 5.73 Å². The molecule has 0 unspecified atom stereocenters. The molecule has 0 aromatic heterocycles. The molecule has 1 aliphatic rings. The van der Waals surface area contributed by atoms with Crippen molar-refractivity contribution in [2.45, 2.75) is 45.2 Å². The highest BCUT2D eigenvalue weighted by Gasteiger charge is 2.30. The van der Waals surface area contributed by atoms with Gasteiger partial charge in [0.15, 0.2) is 0 Å². The minimum absolute atomic E-state index is 0.138. The quantitative estimate of drug-likeness (QED) is 0.760. The van der Waals surface area contributed by atoms with Gasteiger partial charge in [0, 0.05) is 18.1 Å². The van der Waals surface area contributed by atoms with Crippen LogP contribution >= 0.6 is 0 Å². The molecule has 0 aliphatic carbocycles. The van der Waals surface area contributed by atoms with E-state index in [1.807, 2.05) is 0 Å². The fourth-order valence-electron chi connectivity index (χ4n) is 2.26. The summed E-state index contributed by atoms with van der Waals surface area (Å²) in [6.07, 6.45) is 2.57. The highest BCUT2D eigenvalue weighted by molar-refractivity contribution is 4.87. The molecule has 0 spiro atoms. The Morgan fingerprint density at radius 2 is 1.87 bits per heavy atom. The molecule has 0 saturated carbocycles. The predicted octanol–water partition coefficient (Wildman–Crippen LogP) is 1.14. The molecule has 0 radical (unpaired) electrons. The van der Waals surface area contributed by atoms with E-state index in [0.29, 0.717) is 6.04 Å². The van der Waals surface area contributed by atoms with Crippen molar-refractivity contribution >= 4 is 0 Å². The molecular weight excluding hydrogens is 186 g/mol. The van der Waals surface area contributed by atoms with Crippen molar-refractivity contribution < 1.29 is 0 Å². The summed E-state index contributed by atoms with van der Waals surface area (Å²) in [5.41, 5.74) is 5.95. The molecule has 1 heterocycles. The van der Waals surface area contributed by atoms with Crippen LogP contribution in [0.15, 0.2) is 0 Å². The van der Waals surface area contributed by atoms with Crippen LogP contribution in [0.2, 0.25) is 0 Å². The Labute approximate surface area is 94.6 Å². The maximum atomic E-state index is 5.82. The highest BCUT2D eigenvalue weighted by atomic mass is 15.2. The third-order valence-electron chi connectivity index (χ3n) is 4.01. The molecule has 0 amide bonds. The number of piperidine rings is 1. The Hall–Kier alpha value is -0.120. The first kappa shape index (κ1) is 12.9. The van der Waals surface area contributed by atoms with E-state index in [0.717, 1.165) is 6.54 Å². The van der Waals surface area contributed by atoms with Crippen LogP contribution in [0.3, 0.4) is 0 Å². The zero-order chi connectivity index (χ0) is 11.5. The van der Waals surface area contributed by atoms with Gasteiger partial charge in [0.25, 0.3) is 0 Å². The molecule has 1 rings (SSSR count). The van der Waals surface area contributed by atoms with Crippen molar-refractivity contribution in [3.63, 3.8) is 0 Å². The van der Waals surface area contributed by atoms with Gasteiger partial charge in [0.05, 0.1) is 0 Å². The Kier molecular flexibility index (Phi) is 4.56. The number of rotatable bonds is 4. The standard InChI is InChI=1S/C12H27N3/c1-5-15-8-6-11(7-9-15)14(4)12(2,3)10-13/h11H,5-10,13H2,1-4H3. The van der Waals surface area contributed by atoms with Gasteiger partial charge in [-0.3, -0.25) is 4.90 Å². The molecule has 0 aromatic carbocycles. The third-order valence-corrected chi connectivity index (χ3v) is 4.01. The van der Waals surface area contributed by atoms with E-state index in [1.54, 1.807) is 0 Å². The SMILES string of the molecule is CCN1CCC(N(C)C(C)(C)CN)CC1. The van der Waals surface area contributed by atoms with Crippen molar-refractivity contribution in [3.8, 4) is 0 Å². The molecular formula is C12H27N3. The van der Waals surface area contributed by atoms with Gasteiger partial charge in [-0.2, -0.15) is 0 Å². The zero-order valence-corrected chi connectivity index (χ0v) is 10.8. The molecule has 0 atom stereocenters. The van der Waals surface area contributed by atoms with Crippen molar-refractivity contribution in [1.82, 2.24) is 9.80 Å². The van der Waals surface area contributed by atoms with Crippen LogP contribution in [0.1, 0.15) is 33.6 Å². The summed E-state index contributed by atoms with van der Waals surface area (Å²) >= 11 is 0. The summed E-state index contributed by atoms with van der Waals surface area (Å²) in [4.78, 5) is 5.00. The van der Waals surface area contributed by atoms with Gasteiger partial charge in [0.2, 0.25) is 0 Å². The Balaban J connectivity index is 2.46. The summed E-state index contributed by atoms with van der Waals surface area (Å²) in [6, 6.07) is 0.714. The van der Waals surface area contributed by atoms with E-state index in [2.05, 4.69) is 37.6 Å². The molecule has 90 valence electrons. The molecule has 0 bridgehead atoms. The van der Waals surface area contributed by atoms with Crippen LogP contribution in [0.25, 0.3) is 0 Å². The van der Waals surface area contributed by atoms with Crippen LogP contribution in [-0.4, -0.2) is 54.6 Å². The van der Waals surface area contributed by atoms with Gasteiger partial charge < -0.3 is 10.6 Å². The average Bonchev–Trinajstić information content (AvgIpc) is 2.28. The Morgan fingerprint density at radius 1 is 1.33 bits per heavy atom. The van der Waals surface area contributed by atoms with Crippen LogP contribution in [0, 0.1) is 0 Å². The van der Waals surface area contributed by atoms with Crippen LogP contribution in [0.4, 0.5) is 0 Å². The van der Waals surface area contributed by atoms with Gasteiger partial charge in [-0.1, -0.05) is 6.92 Å². The number of likely N-dealkylation sites (tertiary alicyclic amines) is 1. The van der Waals surface area contributed by atoms with Crippen molar-refractivity contribution in [2.75, 3.05) is 33.2 Å². The van der Waals surface area contributed by atoms with Gasteiger partial charge >= 0.3 is 0 Å². The summed E-state index contributed by atoms with van der Waals surface area (Å²) in [5, 5.41) is 0. The first-order valence-electron chi connectivity index (χ1n) is 6.16. The van der Waals surface area contributed by atoms with E-state index in [1.165, 1.54) is 32.5 Å². The molecule has 1 saturated heterocycles. The van der Waals surface area contributed by atoms with E-state index >= 15 is 0 Å². The second-order valence-electron chi connectivity index (χ2n) is 5.29. The first-order chi connectivity index (χ1) is 7.01. The van der Waals surface area contributed by atoms with E-state index in [4.69, 9.17) is 5.73 Å². The monoisotopic (exact) mass is 213 g/mol. The van der Waals surface area contributed by atoms with Gasteiger partial charge in [-0.05, 0) is 53.4 Å². The fourth-order valence-corrected chi connectivity index (χ4v) is 2.26. The number of likely N-dealkylation sites (N-methyl/N-ethyl adjacent to an activating group) is 1. The summed E-state index contributed by atoms with van der Waals surface area (Å²) < 4.78 is 0. The van der Waals surface area contributed by atoms with Crippen molar-refractivity contribution in [3.05, 3.63) is 0 Å². The zero-order valence-electron chi connectivity index (χ0n) is 10.8. The molecule has 1 aliphatic heterocycles. The lowest BCUT2D eigenvalue weighted by Crippen LogP contribution is -2.54. The van der Waals surface area contributed by atoms with Crippen molar-refractivity contribution in [1.29, 1.82) is 0 Å². The van der Waals surface area contributed by atoms with Crippen LogP contribution in [0.5, 0.6) is 0 Å². The second kappa shape index (κ2) is 5.28. The molecule has 2 N–H and O–H groups in total. The van der Waals surface area contributed by atoms with E-state index < -0.39 is 0 Å². The first-order valence-corrected chi connectivity index (χ1v) is 6.16. The lowest BCUT2D eigenvalue weighted by molar-refractivity contribution is 0.0604. The summed E-state index contributed by atoms with van der Waals surface area (Å²) in [7, 11) is 2.22. The minimum Gasteiger partial charge on any atom is -0.329 e. The minimum atomic E-state index is 0.138. The Bertz CT molecular complexity index is 183. The number of hydrogen-bond donors (Lipinski definition) is 1. The smallest absolute Gasteiger partial charge is 0.0275 e. The third kappa shape index (κ3) is 3.16. The molecule has 3 nitrogen and oxygen atoms in total. The van der Waals surface area contributed by atoms with Gasteiger partial charge in [-0.15, -0.1) is 0 Å². The maximum absolute atomic E-state index is 5.82. The molecule has 3 heteroatoms. The largest absolute Gasteiger partial charge is 0.329 e. The van der Waals surface area contributed by atoms with E-state index in [-0.39, 0.29) is 5.54 Å². The summed E-state index contributed by atoms with van der Waals surface area (Å²) in [5.74, 6) is 0. The molecule has 0 aromatic rings. The molecule has 15 heavy (non-hydrogen) atoms. The normalized spacial score (nSPS) is 21.2. The summed E-state index contributed by atoms with van der Waals surface area (Å²) in [6.45, 7) is 11.1. The van der Waals surface area contributed by atoms with Gasteiger partial charge in [-0.25, -0.2) is 0 Å². The lowest BCUT2D eigenvalue weighted by Gasteiger charge is -2.44. The van der Waals surface area contributed by atoms with Gasteiger partial charge in [0.1, 0.15) is 0 Å². The Morgan fingerprint density at radius 3 is 2.27 bits per heavy atom. The number of nitrogens with zero attached hydrogens (tertiary/aromatic N) is 2. The highest BCUT2D eigenvalue weighted by Crippen LogP contribution is 2.21. The van der Waals surface area contributed by atoms with Crippen LogP contribution < -0.4 is 5.73 Å². The second-order valence-corrected chi connectivity index (χ2v) is 5.29. The lowest BCUT2D eigenvalue weighted by atomic mass is 9.96. The topological polar surface area (TPSA) is 32.5 Å². The number of nitrogens with two attached hydrogens (primary N) is 1. The van der Waals surface area contributed by atoms with Crippen LogP contribution in [-0.2, 0) is 0 Å². The maximum Gasteiger partial charge on any atom is 0.0275 e. The average molecular weight is 213 g/mol. The predicted molar refractivity (Wildman–Crippen MR) is 66.0 cm³/mol. The van der Waals surface area contributed by atoms with E-state index in [9.17, 15) is 0 Å². The fraction of sp³-hybridized carbons (Fsp3) is 1.00. The molecule has 1 fully saturated rings.